The molecule has 0 aromatic carbocycles. The molecule has 3 unspecified atom stereocenters. The molecule has 0 spiro atoms. The lowest BCUT2D eigenvalue weighted by Crippen LogP contribution is -2.07. The van der Waals surface area contributed by atoms with Gasteiger partial charge in [0.1, 0.15) is 0 Å². The Morgan fingerprint density at radius 1 is 0.938 bits per heavy atom. The van der Waals surface area contributed by atoms with Gasteiger partial charge >= 0.3 is 0 Å². The fourth-order valence-corrected chi connectivity index (χ4v) is 6.10. The van der Waals surface area contributed by atoms with Crippen molar-refractivity contribution in [2.45, 2.75) is 21.3 Å². The molecule has 0 radical (unpaired) electrons. The summed E-state index contributed by atoms with van der Waals surface area (Å²) < 4.78 is 0.748. The Hall–Kier alpha value is 2.45. The minimum absolute atomic E-state index is 0.371. The number of thiol groups is 4. The third-order valence-corrected chi connectivity index (χ3v) is 7.73. The quantitative estimate of drug-likeness (QED) is 0.267. The van der Waals surface area contributed by atoms with E-state index in [9.17, 15) is 0 Å². The van der Waals surface area contributed by atoms with Gasteiger partial charge in [-0.2, -0.15) is 74.0 Å². The van der Waals surface area contributed by atoms with Gasteiger partial charge in [-0.3, -0.25) is 0 Å². The predicted molar refractivity (Wildman–Crippen MR) is 100 cm³/mol. The lowest BCUT2D eigenvalue weighted by atomic mass is 10.6. The van der Waals surface area contributed by atoms with Crippen LogP contribution in [0.2, 0.25) is 0 Å². The van der Waals surface area contributed by atoms with Crippen LogP contribution in [-0.4, -0.2) is 43.2 Å². The van der Waals surface area contributed by atoms with Crippen LogP contribution in [0.3, 0.4) is 0 Å². The zero-order valence-corrected chi connectivity index (χ0v) is 15.3. The van der Waals surface area contributed by atoms with Gasteiger partial charge in [0.15, 0.2) is 0 Å². The summed E-state index contributed by atoms with van der Waals surface area (Å²) in [5.74, 6) is 5.26. The van der Waals surface area contributed by atoms with Crippen molar-refractivity contribution in [1.82, 2.24) is 0 Å². The number of thioether (sulfide) groups is 3. The molecule has 0 aliphatic heterocycles. The van der Waals surface area contributed by atoms with Crippen molar-refractivity contribution in [1.29, 1.82) is 0 Å². The average Bonchev–Trinajstić information content (AvgIpc) is 2.17. The lowest BCUT2D eigenvalue weighted by molar-refractivity contribution is 1.14. The molecule has 0 fully saturated rings. The van der Waals surface area contributed by atoms with E-state index in [2.05, 4.69) is 57.4 Å². The second-order valence-corrected chi connectivity index (χ2v) is 10.1. The Bertz CT molecular complexity index is 153. The van der Waals surface area contributed by atoms with Crippen LogP contribution < -0.4 is 0 Å². The third-order valence-electron chi connectivity index (χ3n) is 1.43. The van der Waals surface area contributed by atoms with E-state index in [1.807, 2.05) is 35.3 Å². The van der Waals surface area contributed by atoms with Crippen molar-refractivity contribution in [3.8, 4) is 0 Å². The Morgan fingerprint density at radius 3 is 2.00 bits per heavy atom. The highest BCUT2D eigenvalue weighted by Crippen LogP contribution is 2.29. The van der Waals surface area contributed by atoms with Gasteiger partial charge in [-0.05, 0) is 5.75 Å². The summed E-state index contributed by atoms with van der Waals surface area (Å²) in [6, 6.07) is 0. The minimum Gasteiger partial charge on any atom is -0.179 e. The summed E-state index contributed by atoms with van der Waals surface area (Å²) in [6.45, 7) is 2.12. The van der Waals surface area contributed by atoms with Crippen LogP contribution in [0.5, 0.6) is 0 Å². The number of rotatable bonds is 10. The number of hydrogen-bond donors (Lipinski definition) is 4. The lowest BCUT2D eigenvalue weighted by Gasteiger charge is -2.15. The van der Waals surface area contributed by atoms with Crippen molar-refractivity contribution in [3.63, 3.8) is 0 Å². The highest BCUT2D eigenvalue weighted by Gasteiger charge is 2.11. The summed E-state index contributed by atoms with van der Waals surface area (Å²) in [4.78, 5) is 0. The molecule has 0 bridgehead atoms. The molecule has 0 rings (SSSR count). The molecule has 0 heterocycles. The van der Waals surface area contributed by atoms with E-state index < -0.39 is 0 Å². The average molecular weight is 353 g/mol. The van der Waals surface area contributed by atoms with E-state index in [0.717, 1.165) is 28.8 Å². The van der Waals surface area contributed by atoms with Crippen LogP contribution in [0.25, 0.3) is 0 Å². The first kappa shape index (κ1) is 18.4. The molecule has 0 nitrogen and oxygen atoms in total. The largest absolute Gasteiger partial charge is 0.179 e. The highest BCUT2D eigenvalue weighted by atomic mass is 32.2. The summed E-state index contributed by atoms with van der Waals surface area (Å²) in [6.07, 6.45) is 0. The Balaban J connectivity index is 3.42. The van der Waals surface area contributed by atoms with E-state index in [-0.39, 0.29) is 0 Å². The van der Waals surface area contributed by atoms with Gasteiger partial charge in [0.25, 0.3) is 0 Å². The fraction of sp³-hybridized carbons (Fsp3) is 1.00. The maximum Gasteiger partial charge on any atom is 0.0574 e. The van der Waals surface area contributed by atoms with Crippen LogP contribution >= 0.6 is 85.8 Å². The molecule has 16 heavy (non-hydrogen) atoms. The zero-order chi connectivity index (χ0) is 12.4. The van der Waals surface area contributed by atoms with Gasteiger partial charge < -0.3 is 0 Å². The van der Waals surface area contributed by atoms with Gasteiger partial charge in [0.2, 0.25) is 0 Å². The Morgan fingerprint density at radius 2 is 1.50 bits per heavy atom. The van der Waals surface area contributed by atoms with E-state index >= 15 is 0 Å². The standard InChI is InChI=1S/C9H20S7/c1-7(11)4-15-6-9(13)16-8(12)5-14-3-2-10/h7-13H,2-6H2,1H3. The van der Waals surface area contributed by atoms with Crippen LogP contribution in [0.15, 0.2) is 0 Å². The van der Waals surface area contributed by atoms with Crippen LogP contribution in [0.1, 0.15) is 6.92 Å². The minimum atomic E-state index is 0.371. The van der Waals surface area contributed by atoms with Crippen LogP contribution in [-0.2, 0) is 0 Å². The second-order valence-electron chi connectivity index (χ2n) is 3.23. The van der Waals surface area contributed by atoms with E-state index in [1.165, 1.54) is 0 Å². The van der Waals surface area contributed by atoms with E-state index in [1.54, 1.807) is 0 Å². The topological polar surface area (TPSA) is 0 Å². The maximum absolute atomic E-state index is 4.56. The first-order valence-corrected chi connectivity index (χ1v) is 10.5. The molecule has 0 saturated heterocycles. The van der Waals surface area contributed by atoms with E-state index in [0.29, 0.717) is 14.4 Å². The van der Waals surface area contributed by atoms with Gasteiger partial charge in [0, 0.05) is 28.3 Å². The smallest absolute Gasteiger partial charge is 0.0574 e. The fourth-order valence-electron chi connectivity index (χ4n) is 0.848. The molecule has 0 amide bonds. The van der Waals surface area contributed by atoms with Crippen molar-refractivity contribution < 1.29 is 0 Å². The summed E-state index contributed by atoms with van der Waals surface area (Å²) in [7, 11) is 0. The summed E-state index contributed by atoms with van der Waals surface area (Å²) >= 11 is 23.3. The Labute approximate surface area is 135 Å². The summed E-state index contributed by atoms with van der Waals surface area (Å²) in [5.41, 5.74) is 0. The maximum atomic E-state index is 4.56. The monoisotopic (exact) mass is 352 g/mol. The second kappa shape index (κ2) is 12.5. The van der Waals surface area contributed by atoms with E-state index in [4.69, 9.17) is 0 Å². The van der Waals surface area contributed by atoms with Crippen molar-refractivity contribution in [2.24, 2.45) is 0 Å². The van der Waals surface area contributed by atoms with Gasteiger partial charge in [-0.1, -0.05) is 6.92 Å². The molecule has 0 aromatic rings. The van der Waals surface area contributed by atoms with Crippen LogP contribution in [0.4, 0.5) is 0 Å². The van der Waals surface area contributed by atoms with Gasteiger partial charge in [-0.25, -0.2) is 0 Å². The molecule has 0 aliphatic carbocycles. The highest BCUT2D eigenvalue weighted by molar-refractivity contribution is 8.18. The SMILES string of the molecule is CC(S)CSCC(S)SC(S)CSCCS. The van der Waals surface area contributed by atoms with Gasteiger partial charge in [-0.15, -0.1) is 11.8 Å². The molecule has 7 heteroatoms. The molecule has 0 aromatic heterocycles. The van der Waals surface area contributed by atoms with Gasteiger partial charge in [0.05, 0.1) is 9.16 Å². The molecule has 98 valence electrons. The third kappa shape index (κ3) is 12.9. The first-order valence-electron chi connectivity index (χ1n) is 5.02. The zero-order valence-electron chi connectivity index (χ0n) is 9.28. The van der Waals surface area contributed by atoms with Crippen LogP contribution in [0, 0.1) is 0 Å². The Kier molecular flexibility index (Phi) is 14.4. The molecule has 3 atom stereocenters. The van der Waals surface area contributed by atoms with Crippen molar-refractivity contribution in [2.75, 3.05) is 28.8 Å². The first-order chi connectivity index (χ1) is 7.56. The van der Waals surface area contributed by atoms with Crippen molar-refractivity contribution >= 4 is 85.8 Å². The predicted octanol–water partition coefficient (Wildman–Crippen LogP) is 3.95. The normalized spacial score (nSPS) is 17.1. The molecular formula is C9H20S7. The van der Waals surface area contributed by atoms with Crippen molar-refractivity contribution in [3.05, 3.63) is 0 Å². The molecule has 0 saturated carbocycles. The molecule has 0 aliphatic rings. The number of hydrogen-bond acceptors (Lipinski definition) is 7. The summed E-state index contributed by atoms with van der Waals surface area (Å²) in [5, 5.41) is 0.466. The molecular weight excluding hydrogens is 333 g/mol. The molecule has 0 N–H and O–H groups in total.